The van der Waals surface area contributed by atoms with Gasteiger partial charge in [-0.3, -0.25) is 20.2 Å². The van der Waals surface area contributed by atoms with Crippen molar-refractivity contribution in [3.63, 3.8) is 0 Å². The monoisotopic (exact) mass is 434 g/mol. The van der Waals surface area contributed by atoms with E-state index in [0.717, 1.165) is 20.8 Å². The Bertz CT molecular complexity index is 1220. The third-order valence-electron chi connectivity index (χ3n) is 4.25. The van der Waals surface area contributed by atoms with Crippen LogP contribution in [0.25, 0.3) is 20.8 Å². The van der Waals surface area contributed by atoms with Crippen LogP contribution in [0.4, 0.5) is 11.4 Å². The molecule has 0 aliphatic rings. The Hall–Kier alpha value is -3.69. The molecule has 0 saturated heterocycles. The number of non-ortho nitro benzene ring substituents is 1. The van der Waals surface area contributed by atoms with Crippen LogP contribution in [0.2, 0.25) is 0 Å². The third-order valence-corrected chi connectivity index (χ3v) is 5.54. The molecule has 4 aromatic rings. The second-order valence-electron chi connectivity index (χ2n) is 6.28. The molecule has 1 heterocycles. The Balaban J connectivity index is 1.39. The van der Waals surface area contributed by atoms with Gasteiger partial charge in [0.05, 0.1) is 15.1 Å². The van der Waals surface area contributed by atoms with E-state index in [1.807, 2.05) is 48.5 Å². The maximum atomic E-state index is 12.2. The zero-order valence-corrected chi connectivity index (χ0v) is 17.0. The number of nitro benzene ring substituents is 1. The number of thiocarbonyl (C=S) groups is 1. The molecule has 0 radical (unpaired) electrons. The number of nitro groups is 1. The highest BCUT2D eigenvalue weighted by Crippen LogP contribution is 2.30. The first-order valence-corrected chi connectivity index (χ1v) is 10.0. The Morgan fingerprint density at radius 1 is 1.00 bits per heavy atom. The van der Waals surface area contributed by atoms with Crippen molar-refractivity contribution in [3.8, 4) is 10.6 Å². The van der Waals surface area contributed by atoms with Gasteiger partial charge in [-0.25, -0.2) is 4.98 Å². The molecule has 7 nitrogen and oxygen atoms in total. The molecule has 1 amide bonds. The molecular weight excluding hydrogens is 420 g/mol. The predicted molar refractivity (Wildman–Crippen MR) is 122 cm³/mol. The van der Waals surface area contributed by atoms with Crippen molar-refractivity contribution in [2.75, 3.05) is 5.32 Å². The molecule has 0 unspecified atom stereocenters. The lowest BCUT2D eigenvalue weighted by atomic mass is 10.2. The highest BCUT2D eigenvalue weighted by atomic mass is 32.1. The third kappa shape index (κ3) is 4.32. The number of para-hydroxylation sites is 1. The molecule has 4 rings (SSSR count). The maximum absolute atomic E-state index is 12.2. The molecule has 0 aliphatic heterocycles. The largest absolute Gasteiger partial charge is 0.332 e. The summed E-state index contributed by atoms with van der Waals surface area (Å²) < 4.78 is 1.13. The first kappa shape index (κ1) is 19.6. The van der Waals surface area contributed by atoms with E-state index in [4.69, 9.17) is 12.2 Å². The van der Waals surface area contributed by atoms with E-state index in [0.29, 0.717) is 5.69 Å². The molecular formula is C21H14N4O3S2. The average molecular weight is 435 g/mol. The second kappa shape index (κ2) is 8.36. The highest BCUT2D eigenvalue weighted by Gasteiger charge is 2.11. The number of amides is 1. The molecule has 0 saturated carbocycles. The van der Waals surface area contributed by atoms with Gasteiger partial charge in [0.1, 0.15) is 5.01 Å². The van der Waals surface area contributed by atoms with Crippen molar-refractivity contribution in [3.05, 3.63) is 88.5 Å². The highest BCUT2D eigenvalue weighted by molar-refractivity contribution is 7.80. The van der Waals surface area contributed by atoms with Gasteiger partial charge in [0.15, 0.2) is 5.11 Å². The number of nitrogens with one attached hydrogen (secondary N) is 2. The minimum atomic E-state index is -0.522. The first-order chi connectivity index (χ1) is 14.5. The smallest absolute Gasteiger partial charge is 0.269 e. The maximum Gasteiger partial charge on any atom is 0.269 e. The van der Waals surface area contributed by atoms with E-state index in [2.05, 4.69) is 15.6 Å². The van der Waals surface area contributed by atoms with Crippen molar-refractivity contribution in [2.45, 2.75) is 0 Å². The van der Waals surface area contributed by atoms with Crippen LogP contribution in [0.3, 0.4) is 0 Å². The summed E-state index contributed by atoms with van der Waals surface area (Å²) in [5, 5.41) is 17.3. The zero-order valence-electron chi connectivity index (χ0n) is 15.4. The van der Waals surface area contributed by atoms with Gasteiger partial charge in [-0.2, -0.15) is 0 Å². The number of thiazole rings is 1. The number of aromatic nitrogens is 1. The summed E-state index contributed by atoms with van der Waals surface area (Å²) in [6.07, 6.45) is 0. The molecule has 1 aromatic heterocycles. The van der Waals surface area contributed by atoms with Crippen LogP contribution in [-0.2, 0) is 0 Å². The molecule has 3 aromatic carbocycles. The number of carbonyl (C=O) groups excluding carboxylic acids is 1. The van der Waals surface area contributed by atoms with Crippen molar-refractivity contribution in [1.29, 1.82) is 0 Å². The Kier molecular flexibility index (Phi) is 5.46. The number of benzene rings is 3. The van der Waals surface area contributed by atoms with Crippen LogP contribution >= 0.6 is 23.6 Å². The van der Waals surface area contributed by atoms with E-state index in [9.17, 15) is 14.9 Å². The number of fused-ring (bicyclic) bond motifs is 1. The molecule has 2 N–H and O–H groups in total. The summed E-state index contributed by atoms with van der Waals surface area (Å²) in [5.74, 6) is -0.450. The topological polar surface area (TPSA) is 97.2 Å². The van der Waals surface area contributed by atoms with Gasteiger partial charge < -0.3 is 5.32 Å². The van der Waals surface area contributed by atoms with Crippen molar-refractivity contribution in [2.24, 2.45) is 0 Å². The summed E-state index contributed by atoms with van der Waals surface area (Å²) in [7, 11) is 0. The molecule has 30 heavy (non-hydrogen) atoms. The normalized spacial score (nSPS) is 10.5. The van der Waals surface area contributed by atoms with E-state index in [-0.39, 0.29) is 16.4 Å². The fourth-order valence-corrected chi connectivity index (χ4v) is 3.95. The fourth-order valence-electron chi connectivity index (χ4n) is 2.76. The van der Waals surface area contributed by atoms with Crippen molar-refractivity contribution in [1.82, 2.24) is 10.3 Å². The van der Waals surface area contributed by atoms with E-state index >= 15 is 0 Å². The number of nitrogens with zero attached hydrogens (tertiary/aromatic N) is 2. The lowest BCUT2D eigenvalue weighted by molar-refractivity contribution is -0.384. The van der Waals surface area contributed by atoms with Crippen LogP contribution in [0.15, 0.2) is 72.8 Å². The molecule has 9 heteroatoms. The molecule has 0 aliphatic carbocycles. The summed E-state index contributed by atoms with van der Waals surface area (Å²) in [5.41, 5.74) is 2.86. The Morgan fingerprint density at radius 3 is 2.37 bits per heavy atom. The summed E-state index contributed by atoms with van der Waals surface area (Å²) in [6, 6.07) is 20.8. The van der Waals surface area contributed by atoms with E-state index in [1.165, 1.54) is 24.3 Å². The lowest BCUT2D eigenvalue weighted by Gasteiger charge is -2.10. The number of hydrogen-bond donors (Lipinski definition) is 2. The predicted octanol–water partition coefficient (Wildman–Crippen LogP) is 5.00. The fraction of sp³-hybridized carbons (Fsp3) is 0. The number of hydrogen-bond acceptors (Lipinski definition) is 6. The van der Waals surface area contributed by atoms with Gasteiger partial charge in [-0.1, -0.05) is 12.1 Å². The van der Waals surface area contributed by atoms with Gasteiger partial charge in [0.25, 0.3) is 11.6 Å². The quantitative estimate of drug-likeness (QED) is 0.267. The lowest BCUT2D eigenvalue weighted by Crippen LogP contribution is -2.34. The number of anilines is 1. The zero-order chi connectivity index (χ0) is 21.1. The van der Waals surface area contributed by atoms with Crippen LogP contribution in [0.5, 0.6) is 0 Å². The number of rotatable bonds is 4. The minimum absolute atomic E-state index is 0.0829. The number of carbonyl (C=O) groups is 1. The summed E-state index contributed by atoms with van der Waals surface area (Å²) >= 11 is 6.81. The van der Waals surface area contributed by atoms with Gasteiger partial charge >= 0.3 is 0 Å². The minimum Gasteiger partial charge on any atom is -0.332 e. The molecule has 148 valence electrons. The second-order valence-corrected chi connectivity index (χ2v) is 7.72. The SMILES string of the molecule is O=C(NC(=S)Nc1ccc(-c2nc3ccccc3s2)cc1)c1ccc([N+](=O)[O-])cc1. The molecule has 0 bridgehead atoms. The van der Waals surface area contributed by atoms with E-state index < -0.39 is 10.8 Å². The van der Waals surface area contributed by atoms with Crippen LogP contribution < -0.4 is 10.6 Å². The molecule has 0 fully saturated rings. The van der Waals surface area contributed by atoms with Crippen molar-refractivity contribution < 1.29 is 9.72 Å². The van der Waals surface area contributed by atoms with Gasteiger partial charge in [-0.05, 0) is 60.7 Å². The van der Waals surface area contributed by atoms with Crippen molar-refractivity contribution >= 4 is 56.2 Å². The standard InChI is InChI=1S/C21H14N4O3S2/c26-19(13-7-11-16(12-8-13)25(27)28)24-21(29)22-15-9-5-14(6-10-15)20-23-17-3-1-2-4-18(17)30-20/h1-12H,(H2,22,24,26,29). The average Bonchev–Trinajstić information content (AvgIpc) is 3.18. The van der Waals surface area contributed by atoms with Gasteiger partial charge in [0, 0.05) is 28.9 Å². The van der Waals surface area contributed by atoms with Crippen LogP contribution in [0, 0.1) is 10.1 Å². The Labute approximate surface area is 180 Å². The summed E-state index contributed by atoms with van der Waals surface area (Å²) in [4.78, 5) is 27.0. The Morgan fingerprint density at radius 2 is 1.70 bits per heavy atom. The van der Waals surface area contributed by atoms with Crippen LogP contribution in [0.1, 0.15) is 10.4 Å². The van der Waals surface area contributed by atoms with Gasteiger partial charge in [0.2, 0.25) is 0 Å². The van der Waals surface area contributed by atoms with Crippen LogP contribution in [-0.4, -0.2) is 20.9 Å². The molecule has 0 atom stereocenters. The first-order valence-electron chi connectivity index (χ1n) is 8.82. The van der Waals surface area contributed by atoms with E-state index in [1.54, 1.807) is 11.3 Å². The summed E-state index contributed by atoms with van der Waals surface area (Å²) in [6.45, 7) is 0. The molecule has 0 spiro atoms. The van der Waals surface area contributed by atoms with Gasteiger partial charge in [-0.15, -0.1) is 11.3 Å².